The van der Waals surface area contributed by atoms with E-state index >= 15 is 0 Å². The maximum Gasteiger partial charge on any atom is 1.00 e. The van der Waals surface area contributed by atoms with Crippen molar-refractivity contribution in [3.63, 3.8) is 0 Å². The number of fused-ring (bicyclic) bond motifs is 3. The van der Waals surface area contributed by atoms with Crippen LogP contribution < -0.4 is 56.7 Å². The van der Waals surface area contributed by atoms with Crippen molar-refractivity contribution in [1.29, 1.82) is 0 Å². The molecule has 3 rings (SSSR count). The fourth-order valence-electron chi connectivity index (χ4n) is 2.99. The molecule has 3 aromatic rings. The summed E-state index contributed by atoms with van der Waals surface area (Å²) in [5.74, 6) is 1.12. The molecule has 0 saturated heterocycles. The average molecular weight is 426 g/mol. The third kappa shape index (κ3) is 5.37. The summed E-state index contributed by atoms with van der Waals surface area (Å²) < 4.78 is 7.55. The van der Waals surface area contributed by atoms with Gasteiger partial charge in [0.1, 0.15) is 17.9 Å². The van der Waals surface area contributed by atoms with Crippen LogP contribution in [0.5, 0.6) is 0 Å². The molecular weight excluding hydrogens is 402 g/mol. The number of ether oxygens (including phenoxy) is 1. The van der Waals surface area contributed by atoms with Crippen LogP contribution in [0.1, 0.15) is 26.6 Å². The number of carbonyl (C=O) groups excluding carboxylic acids is 1. The molecule has 0 aliphatic rings. The van der Waals surface area contributed by atoms with Crippen molar-refractivity contribution in [2.24, 2.45) is 0 Å². The SMILES string of the molecule is CCOCc1nc2c(NC(=O)[P-]C)nc3ccccc3c2n1CC(C)(C)O.[K+]. The van der Waals surface area contributed by atoms with Crippen LogP contribution in [0.25, 0.3) is 21.9 Å². The van der Waals surface area contributed by atoms with Gasteiger partial charge in [-0.3, -0.25) is 0 Å². The summed E-state index contributed by atoms with van der Waals surface area (Å²) in [6, 6.07) is 7.72. The van der Waals surface area contributed by atoms with Crippen LogP contribution >= 0.6 is 8.58 Å². The van der Waals surface area contributed by atoms with Crippen molar-refractivity contribution in [1.82, 2.24) is 14.5 Å². The van der Waals surface area contributed by atoms with Crippen molar-refractivity contribution < 1.29 is 66.0 Å². The Balaban J connectivity index is 0.00000280. The molecular formula is C19H24KN4O3P. The summed E-state index contributed by atoms with van der Waals surface area (Å²) in [4.78, 5) is 21.3. The number of anilines is 1. The Labute approximate surface area is 208 Å². The number of aromatic nitrogens is 3. The minimum atomic E-state index is -0.940. The standard InChI is InChI=1S/C19H24N4O3P.K/c1-5-26-10-14-21-15-16(23(14)11-19(2,3)25)12-8-6-7-9-13(12)20-17(15)22-18(24)27-4;/h6-9,25H,5,10-11H2,1-4H3,(H,20,22,24);/q-1;+1. The third-order valence-corrected chi connectivity index (χ3v) is 4.59. The molecule has 0 aliphatic carbocycles. The predicted molar refractivity (Wildman–Crippen MR) is 109 cm³/mol. The van der Waals surface area contributed by atoms with Crippen molar-refractivity contribution in [2.45, 2.75) is 39.5 Å². The van der Waals surface area contributed by atoms with Gasteiger partial charge >= 0.3 is 51.4 Å². The molecule has 7 nitrogen and oxygen atoms in total. The molecule has 1 aromatic carbocycles. The Morgan fingerprint density at radius 1 is 1.32 bits per heavy atom. The van der Waals surface area contributed by atoms with E-state index in [4.69, 9.17) is 9.72 Å². The Hall–Kier alpha value is -0.444. The molecule has 0 fully saturated rings. The van der Waals surface area contributed by atoms with E-state index < -0.39 is 5.60 Å². The zero-order valence-corrected chi connectivity index (χ0v) is 21.0. The van der Waals surface area contributed by atoms with E-state index in [1.165, 1.54) is 0 Å². The molecule has 2 N–H and O–H groups in total. The van der Waals surface area contributed by atoms with Crippen molar-refractivity contribution >= 4 is 42.0 Å². The molecule has 0 saturated carbocycles. The fraction of sp³-hybridized carbons (Fsp3) is 0.421. The van der Waals surface area contributed by atoms with Crippen LogP contribution in [-0.4, -0.2) is 44.2 Å². The van der Waals surface area contributed by atoms with Crippen LogP contribution in [0, 0.1) is 0 Å². The topological polar surface area (TPSA) is 89.3 Å². The molecule has 0 bridgehead atoms. The first-order valence-corrected chi connectivity index (χ1v) is 10.2. The molecule has 0 unspecified atom stereocenters. The molecule has 0 radical (unpaired) electrons. The third-order valence-electron chi connectivity index (χ3n) is 4.07. The number of amides is 1. The summed E-state index contributed by atoms with van der Waals surface area (Å²) in [6.45, 7) is 8.42. The number of para-hydroxylation sites is 1. The Morgan fingerprint density at radius 3 is 2.68 bits per heavy atom. The predicted octanol–water partition coefficient (Wildman–Crippen LogP) is 1.00. The average Bonchev–Trinajstić information content (AvgIpc) is 2.97. The maximum atomic E-state index is 12.0. The van der Waals surface area contributed by atoms with Crippen molar-refractivity contribution in [3.8, 4) is 0 Å². The number of rotatable bonds is 7. The zero-order chi connectivity index (χ0) is 19.6. The number of nitrogens with one attached hydrogen (secondary N) is 1. The summed E-state index contributed by atoms with van der Waals surface area (Å²) in [6.07, 6.45) is 0. The molecule has 0 atom stereocenters. The van der Waals surface area contributed by atoms with E-state index in [-0.39, 0.29) is 57.0 Å². The van der Waals surface area contributed by atoms with Crippen LogP contribution in [0.3, 0.4) is 0 Å². The van der Waals surface area contributed by atoms with E-state index in [2.05, 4.69) is 10.3 Å². The van der Waals surface area contributed by atoms with Crippen molar-refractivity contribution in [3.05, 3.63) is 30.1 Å². The van der Waals surface area contributed by atoms with E-state index in [9.17, 15) is 9.90 Å². The Bertz CT molecular complexity index is 985. The smallest absolute Gasteiger partial charge is 0.444 e. The van der Waals surface area contributed by atoms with Crippen LogP contribution in [0.4, 0.5) is 10.6 Å². The van der Waals surface area contributed by atoms with Gasteiger partial charge in [-0.2, -0.15) is 6.66 Å². The monoisotopic (exact) mass is 426 g/mol. The van der Waals surface area contributed by atoms with Gasteiger partial charge in [0, 0.05) is 12.0 Å². The van der Waals surface area contributed by atoms with Gasteiger partial charge in [-0.25, -0.2) is 9.97 Å². The number of benzene rings is 1. The fourth-order valence-corrected chi connectivity index (χ4v) is 3.20. The van der Waals surface area contributed by atoms with E-state index in [1.807, 2.05) is 35.8 Å². The molecule has 144 valence electrons. The van der Waals surface area contributed by atoms with Gasteiger partial charge < -0.3 is 33.1 Å². The number of carbonyl (C=O) groups is 1. The summed E-state index contributed by atoms with van der Waals surface area (Å²) in [7, 11) is 0.595. The van der Waals surface area contributed by atoms with Crippen molar-refractivity contribution in [2.75, 3.05) is 18.6 Å². The largest absolute Gasteiger partial charge is 1.00 e. The quantitative estimate of drug-likeness (QED) is 0.435. The summed E-state index contributed by atoms with van der Waals surface area (Å²) in [5.41, 5.74) is 1.10. The van der Waals surface area contributed by atoms with Gasteiger partial charge in [-0.15, -0.1) is 0 Å². The number of imidazole rings is 1. The molecule has 2 heterocycles. The molecule has 0 spiro atoms. The van der Waals surface area contributed by atoms with Gasteiger partial charge in [0.25, 0.3) is 0 Å². The molecule has 0 aliphatic heterocycles. The number of pyridine rings is 1. The van der Waals surface area contributed by atoms with Gasteiger partial charge in [0.05, 0.1) is 28.8 Å². The number of hydrogen-bond acceptors (Lipinski definition) is 5. The normalized spacial score (nSPS) is 12.0. The van der Waals surface area contributed by atoms with E-state index in [0.717, 1.165) is 16.4 Å². The van der Waals surface area contributed by atoms with E-state index in [0.29, 0.717) is 45.5 Å². The Kier molecular flexibility index (Phi) is 8.55. The number of hydrogen-bond donors (Lipinski definition) is 2. The first-order chi connectivity index (χ1) is 12.8. The second-order valence-corrected chi connectivity index (χ2v) is 7.75. The van der Waals surface area contributed by atoms with Crippen LogP contribution in [0.15, 0.2) is 24.3 Å². The van der Waals surface area contributed by atoms with Crippen LogP contribution in [0.2, 0.25) is 0 Å². The Morgan fingerprint density at radius 2 is 2.04 bits per heavy atom. The van der Waals surface area contributed by atoms with Gasteiger partial charge in [-0.05, 0) is 26.8 Å². The number of nitrogens with zero attached hydrogens (tertiary/aromatic N) is 3. The van der Waals surface area contributed by atoms with Gasteiger partial charge in [0.15, 0.2) is 5.82 Å². The minimum absolute atomic E-state index is 0. The van der Waals surface area contributed by atoms with Crippen LogP contribution in [-0.2, 0) is 17.9 Å². The molecule has 1 amide bonds. The molecule has 28 heavy (non-hydrogen) atoms. The summed E-state index contributed by atoms with van der Waals surface area (Å²) >= 11 is 0. The zero-order valence-electron chi connectivity index (χ0n) is 17.0. The van der Waals surface area contributed by atoms with Gasteiger partial charge in [-0.1, -0.05) is 18.2 Å². The number of aliphatic hydroxyl groups is 1. The first kappa shape index (κ1) is 23.8. The van der Waals surface area contributed by atoms with Gasteiger partial charge in [0.2, 0.25) is 0 Å². The summed E-state index contributed by atoms with van der Waals surface area (Å²) in [5, 5.41) is 14.2. The molecule has 9 heteroatoms. The van der Waals surface area contributed by atoms with E-state index in [1.54, 1.807) is 20.5 Å². The first-order valence-electron chi connectivity index (χ1n) is 8.83. The maximum absolute atomic E-state index is 12.0. The minimum Gasteiger partial charge on any atom is -0.444 e. The second-order valence-electron chi connectivity index (χ2n) is 6.89. The molecule has 2 aromatic heterocycles. The second kappa shape index (κ2) is 10.0.